The Kier molecular flexibility index (Phi) is 4.07. The van der Waals surface area contributed by atoms with Crippen molar-refractivity contribution >= 4 is 18.8 Å². The van der Waals surface area contributed by atoms with E-state index in [0.717, 1.165) is 6.66 Å². The Morgan fingerprint density at radius 3 is 2.92 bits per heavy atom. The number of hydrogen-bond acceptors (Lipinski definition) is 8. The molecule has 26 heavy (non-hydrogen) atoms. The van der Waals surface area contributed by atoms with Crippen molar-refractivity contribution in [3.05, 3.63) is 22.5 Å². The lowest BCUT2D eigenvalue weighted by Crippen LogP contribution is -2.56. The topological polar surface area (TPSA) is 149 Å². The van der Waals surface area contributed by atoms with Crippen LogP contribution in [0.1, 0.15) is 18.5 Å². The normalized spacial score (nSPS) is 33.5. The molecule has 0 aliphatic carbocycles. The minimum absolute atomic E-state index is 0.149. The summed E-state index contributed by atoms with van der Waals surface area (Å²) in [7, 11) is -3.72. The highest BCUT2D eigenvalue weighted by molar-refractivity contribution is 7.51. The first-order chi connectivity index (χ1) is 12.2. The van der Waals surface area contributed by atoms with E-state index >= 15 is 0 Å². The van der Waals surface area contributed by atoms with Gasteiger partial charge in [-0.05, 0) is 6.92 Å². The molecule has 0 radical (unpaired) electrons. The van der Waals surface area contributed by atoms with Gasteiger partial charge in [0.25, 0.3) is 5.56 Å². The van der Waals surface area contributed by atoms with Crippen LogP contribution in [0.25, 0.3) is 11.2 Å². The molecule has 0 saturated carbocycles. The fourth-order valence-corrected chi connectivity index (χ4v) is 3.86. The van der Waals surface area contributed by atoms with Gasteiger partial charge in [-0.2, -0.15) is 0 Å². The van der Waals surface area contributed by atoms with Crippen molar-refractivity contribution in [1.82, 2.24) is 19.5 Å². The van der Waals surface area contributed by atoms with Gasteiger partial charge in [0.1, 0.15) is 23.6 Å². The summed E-state index contributed by atoms with van der Waals surface area (Å²) in [5.41, 5.74) is -0.965. The quantitative estimate of drug-likeness (QED) is 0.601. The number of aryl methyl sites for hydroxylation is 1. The maximum Gasteiger partial charge on any atom is 0.325 e. The fraction of sp³-hybridized carbons (Fsp3) is 0.643. The van der Waals surface area contributed by atoms with E-state index in [0.29, 0.717) is 24.5 Å². The highest BCUT2D eigenvalue weighted by Crippen LogP contribution is 2.50. The van der Waals surface area contributed by atoms with Gasteiger partial charge >= 0.3 is 7.60 Å². The number of hydrogen-bond donors (Lipinski definition) is 3. The average molecular weight is 386 g/mol. The Hall–Kier alpha value is -1.62. The summed E-state index contributed by atoms with van der Waals surface area (Å²) < 4.78 is 29.4. The van der Waals surface area contributed by atoms with Gasteiger partial charge in [0.15, 0.2) is 17.4 Å². The van der Waals surface area contributed by atoms with Crippen molar-refractivity contribution in [2.75, 3.05) is 19.9 Å². The fourth-order valence-electron chi connectivity index (χ4n) is 3.43. The summed E-state index contributed by atoms with van der Waals surface area (Å²) in [6, 6.07) is 0. The monoisotopic (exact) mass is 386 g/mol. The standard InChI is InChI=1S/C14H19N4O7P/c1-7-16-11-9(12(20)17-7)15-6-18(11)13-14(3-4-23-14)10(19)8(25-13)5-24-26(2,21)22/h6,8,10,13,19H,3-5H2,1-2H3,(H,21,22)(H,16,17,20)/t8-,10-,13-,14-/m1/s1. The first-order valence-corrected chi connectivity index (χ1v) is 10.1. The van der Waals surface area contributed by atoms with Gasteiger partial charge in [-0.3, -0.25) is 13.9 Å². The van der Waals surface area contributed by atoms with Gasteiger partial charge in [-0.1, -0.05) is 0 Å². The highest BCUT2D eigenvalue weighted by Gasteiger charge is 2.62. The number of ether oxygens (including phenoxy) is 2. The van der Waals surface area contributed by atoms with Gasteiger partial charge in [0.2, 0.25) is 0 Å². The van der Waals surface area contributed by atoms with E-state index in [1.54, 1.807) is 11.5 Å². The second-order valence-electron chi connectivity index (χ2n) is 6.60. The number of aliphatic hydroxyl groups is 1. The van der Waals surface area contributed by atoms with Gasteiger partial charge in [-0.25, -0.2) is 9.97 Å². The highest BCUT2D eigenvalue weighted by atomic mass is 31.2. The summed E-state index contributed by atoms with van der Waals surface area (Å²) in [6.45, 7) is 2.88. The van der Waals surface area contributed by atoms with Gasteiger partial charge in [0, 0.05) is 13.1 Å². The molecular formula is C14H19N4O7P. The lowest BCUT2D eigenvalue weighted by atomic mass is 9.86. The minimum Gasteiger partial charge on any atom is -0.387 e. The Morgan fingerprint density at radius 1 is 1.58 bits per heavy atom. The molecule has 0 amide bonds. The average Bonchev–Trinajstić information content (AvgIpc) is 3.02. The molecule has 4 rings (SSSR count). The molecule has 3 N–H and O–H groups in total. The van der Waals surface area contributed by atoms with Crippen LogP contribution in [0.2, 0.25) is 0 Å². The molecule has 2 aromatic rings. The molecular weight excluding hydrogens is 367 g/mol. The zero-order valence-corrected chi connectivity index (χ0v) is 15.0. The van der Waals surface area contributed by atoms with Crippen molar-refractivity contribution in [2.45, 2.75) is 37.4 Å². The predicted molar refractivity (Wildman–Crippen MR) is 87.8 cm³/mol. The number of nitrogens with one attached hydrogen (secondary N) is 1. The van der Waals surface area contributed by atoms with Crippen LogP contribution >= 0.6 is 7.60 Å². The van der Waals surface area contributed by atoms with Crippen LogP contribution in [-0.2, 0) is 18.6 Å². The second kappa shape index (κ2) is 5.95. The maximum atomic E-state index is 12.0. The number of imidazole rings is 1. The first kappa shape index (κ1) is 17.8. The maximum absolute atomic E-state index is 12.0. The van der Waals surface area contributed by atoms with Crippen LogP contribution in [0.5, 0.6) is 0 Å². The molecule has 2 aliphatic heterocycles. The molecule has 2 aromatic heterocycles. The zero-order chi connectivity index (χ0) is 18.7. The van der Waals surface area contributed by atoms with E-state index in [4.69, 9.17) is 14.0 Å². The molecule has 2 saturated heterocycles. The summed E-state index contributed by atoms with van der Waals surface area (Å²) in [6.07, 6.45) is -0.823. The minimum atomic E-state index is -3.72. The number of fused-ring (bicyclic) bond motifs is 1. The Balaban J connectivity index is 1.72. The van der Waals surface area contributed by atoms with E-state index in [1.807, 2.05) is 0 Å². The summed E-state index contributed by atoms with van der Waals surface area (Å²) in [5.74, 6) is 0.415. The Bertz CT molecular complexity index is 946. The number of H-pyrrole nitrogens is 1. The van der Waals surface area contributed by atoms with Crippen molar-refractivity contribution in [1.29, 1.82) is 0 Å². The zero-order valence-electron chi connectivity index (χ0n) is 14.2. The number of aromatic nitrogens is 4. The lowest BCUT2D eigenvalue weighted by Gasteiger charge is -2.44. The third kappa shape index (κ3) is 2.72. The van der Waals surface area contributed by atoms with Crippen LogP contribution in [0.4, 0.5) is 0 Å². The molecule has 142 valence electrons. The Morgan fingerprint density at radius 2 is 2.31 bits per heavy atom. The van der Waals surface area contributed by atoms with E-state index in [1.165, 1.54) is 6.33 Å². The molecule has 2 fully saturated rings. The van der Waals surface area contributed by atoms with Crippen molar-refractivity contribution in [3.8, 4) is 0 Å². The van der Waals surface area contributed by atoms with Crippen molar-refractivity contribution in [3.63, 3.8) is 0 Å². The second-order valence-corrected chi connectivity index (χ2v) is 8.46. The summed E-state index contributed by atoms with van der Waals surface area (Å²) in [5, 5.41) is 10.7. The first-order valence-electron chi connectivity index (χ1n) is 8.07. The van der Waals surface area contributed by atoms with Gasteiger partial charge in [-0.15, -0.1) is 0 Å². The third-order valence-corrected chi connectivity index (χ3v) is 5.35. The molecule has 5 atom stereocenters. The van der Waals surface area contributed by atoms with Crippen molar-refractivity contribution in [2.24, 2.45) is 0 Å². The van der Waals surface area contributed by atoms with Crippen LogP contribution in [0, 0.1) is 6.92 Å². The molecule has 12 heteroatoms. The van der Waals surface area contributed by atoms with Crippen LogP contribution in [-0.4, -0.2) is 67.2 Å². The van der Waals surface area contributed by atoms with Gasteiger partial charge < -0.3 is 29.0 Å². The molecule has 0 bridgehead atoms. The molecule has 1 unspecified atom stereocenters. The number of aliphatic hydroxyl groups excluding tert-OH is 1. The van der Waals surface area contributed by atoms with E-state index in [9.17, 15) is 19.4 Å². The van der Waals surface area contributed by atoms with Crippen LogP contribution in [0.3, 0.4) is 0 Å². The smallest absolute Gasteiger partial charge is 0.325 e. The van der Waals surface area contributed by atoms with Crippen LogP contribution in [0.15, 0.2) is 11.1 Å². The van der Waals surface area contributed by atoms with E-state index in [2.05, 4.69) is 15.0 Å². The summed E-state index contributed by atoms with van der Waals surface area (Å²) in [4.78, 5) is 32.3. The third-order valence-electron chi connectivity index (χ3n) is 4.72. The van der Waals surface area contributed by atoms with E-state index < -0.39 is 31.6 Å². The molecule has 1 spiro atoms. The molecule has 0 aromatic carbocycles. The lowest BCUT2D eigenvalue weighted by molar-refractivity contribution is -0.225. The van der Waals surface area contributed by atoms with Crippen molar-refractivity contribution < 1.29 is 28.6 Å². The van der Waals surface area contributed by atoms with E-state index in [-0.39, 0.29) is 17.7 Å². The van der Waals surface area contributed by atoms with Gasteiger partial charge in [0.05, 0.1) is 19.5 Å². The van der Waals surface area contributed by atoms with Crippen LogP contribution < -0.4 is 5.56 Å². The number of rotatable bonds is 4. The molecule has 4 heterocycles. The Labute approximate surface area is 147 Å². The largest absolute Gasteiger partial charge is 0.387 e. The molecule has 11 nitrogen and oxygen atoms in total. The summed E-state index contributed by atoms with van der Waals surface area (Å²) >= 11 is 0. The molecule has 2 aliphatic rings. The number of nitrogens with zero attached hydrogens (tertiary/aromatic N) is 3. The SMILES string of the molecule is Cc1nc2c(ncn2[C@@H]2O[C@H](COP(C)(=O)O)[C@@H](O)[C@]23CCO3)c(=O)[nH]1. The number of aromatic amines is 1. The predicted octanol–water partition coefficient (Wildman–Crippen LogP) is -0.323.